The fourth-order valence-electron chi connectivity index (χ4n) is 1.78. The maximum atomic E-state index is 11.0. The zero-order valence-corrected chi connectivity index (χ0v) is 8.23. The van der Waals surface area contributed by atoms with Crippen molar-refractivity contribution in [3.05, 3.63) is 0 Å². The van der Waals surface area contributed by atoms with Crippen LogP contribution in [0, 0.1) is 5.92 Å². The van der Waals surface area contributed by atoms with Crippen molar-refractivity contribution in [1.82, 2.24) is 5.32 Å². The molecule has 2 nitrogen and oxygen atoms in total. The number of hydrogen-bond donors (Lipinski definition) is 1. The molecule has 1 N–H and O–H groups in total. The quantitative estimate of drug-likeness (QED) is 0.661. The van der Waals surface area contributed by atoms with Crippen molar-refractivity contribution in [2.45, 2.75) is 38.6 Å². The van der Waals surface area contributed by atoms with Crippen LogP contribution in [-0.2, 0) is 4.79 Å². The standard InChI is InChI=1S/C9H16ClNO/c1-7-4-2-3-5-8(7)11-9(12)6-10/h7-8H,2-6H2,1H3,(H,11,12)/t7-,8-/m1/s1. The molecule has 2 atom stereocenters. The van der Waals surface area contributed by atoms with E-state index in [1.54, 1.807) is 0 Å². The van der Waals surface area contributed by atoms with Crippen molar-refractivity contribution in [3.8, 4) is 0 Å². The molecule has 70 valence electrons. The highest BCUT2D eigenvalue weighted by atomic mass is 35.5. The summed E-state index contributed by atoms with van der Waals surface area (Å²) in [7, 11) is 0. The Morgan fingerprint density at radius 1 is 1.50 bits per heavy atom. The Balaban J connectivity index is 2.33. The second kappa shape index (κ2) is 4.70. The summed E-state index contributed by atoms with van der Waals surface area (Å²) in [5.74, 6) is 0.671. The van der Waals surface area contributed by atoms with E-state index in [-0.39, 0.29) is 11.8 Å². The number of hydrogen-bond acceptors (Lipinski definition) is 1. The average molecular weight is 190 g/mol. The first-order valence-corrected chi connectivity index (χ1v) is 5.13. The summed E-state index contributed by atoms with van der Waals surface area (Å²) in [5, 5.41) is 2.95. The predicted octanol–water partition coefficient (Wildman–Crippen LogP) is 1.92. The SMILES string of the molecule is C[C@@H]1CCCC[C@H]1NC(=O)CCl. The zero-order valence-electron chi connectivity index (χ0n) is 7.48. The fraction of sp³-hybridized carbons (Fsp3) is 0.889. The maximum Gasteiger partial charge on any atom is 0.235 e. The van der Waals surface area contributed by atoms with Gasteiger partial charge in [0, 0.05) is 6.04 Å². The first-order valence-electron chi connectivity index (χ1n) is 4.59. The molecule has 1 amide bonds. The van der Waals surface area contributed by atoms with E-state index in [9.17, 15) is 4.79 Å². The highest BCUT2D eigenvalue weighted by Crippen LogP contribution is 2.23. The molecule has 0 aromatic heterocycles. The van der Waals surface area contributed by atoms with Gasteiger partial charge in [-0.3, -0.25) is 4.79 Å². The van der Waals surface area contributed by atoms with Crippen molar-refractivity contribution < 1.29 is 4.79 Å². The minimum atomic E-state index is -0.0320. The Bertz CT molecular complexity index is 161. The van der Waals surface area contributed by atoms with Crippen LogP contribution in [0.1, 0.15) is 32.6 Å². The molecule has 0 aromatic carbocycles. The molecular formula is C9H16ClNO. The van der Waals surface area contributed by atoms with Gasteiger partial charge in [-0.15, -0.1) is 11.6 Å². The second-order valence-corrected chi connectivity index (χ2v) is 3.84. The summed E-state index contributed by atoms with van der Waals surface area (Å²) in [4.78, 5) is 11.0. The molecule has 1 rings (SSSR count). The normalized spacial score (nSPS) is 29.8. The largest absolute Gasteiger partial charge is 0.352 e. The molecule has 0 heterocycles. The van der Waals surface area contributed by atoms with Gasteiger partial charge in [-0.1, -0.05) is 19.8 Å². The van der Waals surface area contributed by atoms with E-state index in [0.717, 1.165) is 6.42 Å². The third-order valence-corrected chi connectivity index (χ3v) is 2.82. The van der Waals surface area contributed by atoms with Crippen LogP contribution in [0.3, 0.4) is 0 Å². The fourth-order valence-corrected chi connectivity index (χ4v) is 1.85. The summed E-state index contributed by atoms with van der Waals surface area (Å²) >= 11 is 5.41. The molecule has 0 saturated heterocycles. The molecule has 0 aliphatic heterocycles. The van der Waals surface area contributed by atoms with Crippen LogP contribution >= 0.6 is 11.6 Å². The number of carbonyl (C=O) groups excluding carboxylic acids is 1. The van der Waals surface area contributed by atoms with Gasteiger partial charge in [-0.05, 0) is 18.8 Å². The molecular weight excluding hydrogens is 174 g/mol. The van der Waals surface area contributed by atoms with Gasteiger partial charge in [0.1, 0.15) is 5.88 Å². The van der Waals surface area contributed by atoms with Crippen LogP contribution in [0.25, 0.3) is 0 Å². The maximum absolute atomic E-state index is 11.0. The minimum absolute atomic E-state index is 0.0320. The van der Waals surface area contributed by atoms with Crippen LogP contribution in [0.5, 0.6) is 0 Å². The van der Waals surface area contributed by atoms with Gasteiger partial charge in [0.15, 0.2) is 0 Å². The molecule has 0 unspecified atom stereocenters. The van der Waals surface area contributed by atoms with E-state index in [4.69, 9.17) is 11.6 Å². The summed E-state index contributed by atoms with van der Waals surface area (Å²) < 4.78 is 0. The molecule has 0 bridgehead atoms. The van der Waals surface area contributed by atoms with Gasteiger partial charge in [-0.25, -0.2) is 0 Å². The van der Waals surface area contributed by atoms with Gasteiger partial charge < -0.3 is 5.32 Å². The van der Waals surface area contributed by atoms with E-state index >= 15 is 0 Å². The summed E-state index contributed by atoms with van der Waals surface area (Å²) in [5.41, 5.74) is 0. The number of alkyl halides is 1. The van der Waals surface area contributed by atoms with Crippen molar-refractivity contribution >= 4 is 17.5 Å². The van der Waals surface area contributed by atoms with Crippen LogP contribution in [-0.4, -0.2) is 17.8 Å². The summed E-state index contributed by atoms with van der Waals surface area (Å²) in [6.45, 7) is 2.19. The van der Waals surface area contributed by atoms with E-state index < -0.39 is 0 Å². The number of carbonyl (C=O) groups is 1. The molecule has 3 heteroatoms. The lowest BCUT2D eigenvalue weighted by molar-refractivity contribution is -0.119. The Labute approximate surface area is 78.7 Å². The van der Waals surface area contributed by atoms with Crippen molar-refractivity contribution in [3.63, 3.8) is 0 Å². The molecule has 12 heavy (non-hydrogen) atoms. The summed E-state index contributed by atoms with van der Waals surface area (Å²) in [6.07, 6.45) is 4.88. The smallest absolute Gasteiger partial charge is 0.235 e. The molecule has 1 aliphatic carbocycles. The lowest BCUT2D eigenvalue weighted by Gasteiger charge is -2.29. The number of amides is 1. The average Bonchev–Trinajstić information content (AvgIpc) is 2.09. The predicted molar refractivity (Wildman–Crippen MR) is 50.3 cm³/mol. The van der Waals surface area contributed by atoms with Crippen LogP contribution in [0.15, 0.2) is 0 Å². The molecule has 1 aliphatic rings. The lowest BCUT2D eigenvalue weighted by Crippen LogP contribution is -2.41. The van der Waals surface area contributed by atoms with Gasteiger partial charge in [0.2, 0.25) is 5.91 Å². The second-order valence-electron chi connectivity index (χ2n) is 3.57. The zero-order chi connectivity index (χ0) is 8.97. The number of rotatable bonds is 2. The van der Waals surface area contributed by atoms with Crippen molar-refractivity contribution in [2.24, 2.45) is 5.92 Å². The van der Waals surface area contributed by atoms with Crippen molar-refractivity contribution in [2.75, 3.05) is 5.88 Å². The third-order valence-electron chi connectivity index (χ3n) is 2.58. The van der Waals surface area contributed by atoms with Gasteiger partial charge in [-0.2, -0.15) is 0 Å². The highest BCUT2D eigenvalue weighted by molar-refractivity contribution is 6.27. The van der Waals surface area contributed by atoms with E-state index in [1.807, 2.05) is 0 Å². The third kappa shape index (κ3) is 2.67. The number of nitrogens with one attached hydrogen (secondary N) is 1. The van der Waals surface area contributed by atoms with E-state index in [2.05, 4.69) is 12.2 Å². The molecule has 0 radical (unpaired) electrons. The van der Waals surface area contributed by atoms with Crippen LogP contribution in [0.4, 0.5) is 0 Å². The Kier molecular flexibility index (Phi) is 3.86. The Morgan fingerprint density at radius 3 is 2.75 bits per heavy atom. The van der Waals surface area contributed by atoms with Crippen molar-refractivity contribution in [1.29, 1.82) is 0 Å². The van der Waals surface area contributed by atoms with Gasteiger partial charge in [0.25, 0.3) is 0 Å². The summed E-state index contributed by atoms with van der Waals surface area (Å²) in [6, 6.07) is 0.366. The number of halogens is 1. The Morgan fingerprint density at radius 2 is 2.17 bits per heavy atom. The molecule has 1 fully saturated rings. The van der Waals surface area contributed by atoms with E-state index in [0.29, 0.717) is 12.0 Å². The topological polar surface area (TPSA) is 29.1 Å². The minimum Gasteiger partial charge on any atom is -0.352 e. The van der Waals surface area contributed by atoms with Crippen LogP contribution < -0.4 is 5.32 Å². The molecule has 0 spiro atoms. The molecule has 1 saturated carbocycles. The first-order chi connectivity index (χ1) is 5.74. The highest BCUT2D eigenvalue weighted by Gasteiger charge is 2.21. The Hall–Kier alpha value is -0.240. The van der Waals surface area contributed by atoms with E-state index in [1.165, 1.54) is 19.3 Å². The van der Waals surface area contributed by atoms with Crippen LogP contribution in [0.2, 0.25) is 0 Å². The molecule has 0 aromatic rings. The first kappa shape index (κ1) is 9.85. The lowest BCUT2D eigenvalue weighted by atomic mass is 9.86. The van der Waals surface area contributed by atoms with Gasteiger partial charge in [0.05, 0.1) is 0 Å². The van der Waals surface area contributed by atoms with Gasteiger partial charge >= 0.3 is 0 Å². The monoisotopic (exact) mass is 189 g/mol.